The number of benzene rings is 2. The third-order valence-electron chi connectivity index (χ3n) is 4.43. The largest absolute Gasteiger partial charge is 0.496 e. The number of amides is 1. The lowest BCUT2D eigenvalue weighted by Crippen LogP contribution is -2.51. The highest BCUT2D eigenvalue weighted by Gasteiger charge is 2.28. The lowest BCUT2D eigenvalue weighted by Gasteiger charge is -2.35. The first kappa shape index (κ1) is 17.5. The van der Waals surface area contributed by atoms with Crippen molar-refractivity contribution in [2.24, 2.45) is 5.73 Å². The zero-order valence-corrected chi connectivity index (χ0v) is 14.6. The molecule has 2 aromatic rings. The Morgan fingerprint density at radius 2 is 1.92 bits per heavy atom. The van der Waals surface area contributed by atoms with Gasteiger partial charge in [0.05, 0.1) is 13.2 Å². The number of para-hydroxylation sites is 1. The first-order valence-corrected chi connectivity index (χ1v) is 8.46. The van der Waals surface area contributed by atoms with Crippen molar-refractivity contribution in [2.45, 2.75) is 25.7 Å². The quantitative estimate of drug-likeness (QED) is 0.908. The lowest BCUT2D eigenvalue weighted by atomic mass is 10.0. The number of nitrogens with zero attached hydrogens (tertiary/aromatic N) is 1. The fraction of sp³-hybridized carbons (Fsp3) is 0.350. The van der Waals surface area contributed by atoms with Gasteiger partial charge < -0.3 is 15.2 Å². The second-order valence-electron chi connectivity index (χ2n) is 6.43. The van der Waals surface area contributed by atoms with Gasteiger partial charge in [-0.2, -0.15) is 0 Å². The van der Waals surface area contributed by atoms with Gasteiger partial charge in [-0.25, -0.2) is 0 Å². The minimum Gasteiger partial charge on any atom is -0.496 e. The fourth-order valence-electron chi connectivity index (χ4n) is 3.26. The number of primary amides is 1. The molecule has 5 heteroatoms. The number of hydrogen-bond donors (Lipinski definition) is 1. The Bertz CT molecular complexity index is 730. The molecule has 1 aliphatic rings. The normalized spacial score (nSPS) is 21.0. The van der Waals surface area contributed by atoms with Crippen LogP contribution in [-0.4, -0.2) is 43.2 Å². The minimum absolute atomic E-state index is 0.000830. The number of hydrogen-bond acceptors (Lipinski definition) is 4. The highest BCUT2D eigenvalue weighted by atomic mass is 16.5. The van der Waals surface area contributed by atoms with E-state index in [-0.39, 0.29) is 6.10 Å². The number of nitrogens with two attached hydrogens (primary N) is 1. The van der Waals surface area contributed by atoms with Gasteiger partial charge in [-0.15, -0.1) is 0 Å². The highest BCUT2D eigenvalue weighted by molar-refractivity contribution is 5.79. The van der Waals surface area contributed by atoms with Gasteiger partial charge in [-0.3, -0.25) is 9.69 Å². The second kappa shape index (κ2) is 7.68. The van der Waals surface area contributed by atoms with Gasteiger partial charge in [0.25, 0.3) is 0 Å². The van der Waals surface area contributed by atoms with Gasteiger partial charge in [-0.1, -0.05) is 42.5 Å². The molecule has 0 radical (unpaired) electrons. The second-order valence-corrected chi connectivity index (χ2v) is 6.43. The van der Waals surface area contributed by atoms with Crippen LogP contribution in [0.1, 0.15) is 12.5 Å². The smallest absolute Gasteiger partial charge is 0.247 e. The molecule has 3 rings (SSSR count). The van der Waals surface area contributed by atoms with E-state index in [1.165, 1.54) is 5.56 Å². The summed E-state index contributed by atoms with van der Waals surface area (Å²) in [5, 5.41) is 0. The molecule has 1 unspecified atom stereocenters. The molecule has 132 valence electrons. The average molecular weight is 340 g/mol. The van der Waals surface area contributed by atoms with Crippen LogP contribution in [0.2, 0.25) is 0 Å². The van der Waals surface area contributed by atoms with Crippen LogP contribution in [0, 0.1) is 0 Å². The van der Waals surface area contributed by atoms with Crippen molar-refractivity contribution in [2.75, 3.05) is 20.2 Å². The predicted octanol–water partition coefficient (Wildman–Crippen LogP) is 2.44. The first-order valence-electron chi connectivity index (χ1n) is 8.46. The summed E-state index contributed by atoms with van der Waals surface area (Å²) in [6.07, 6.45) is -0.532. The van der Waals surface area contributed by atoms with Crippen LogP contribution < -0.4 is 10.5 Å². The zero-order valence-electron chi connectivity index (χ0n) is 14.6. The molecular weight excluding hydrogens is 316 g/mol. The highest BCUT2D eigenvalue weighted by Crippen LogP contribution is 2.29. The standard InChI is InChI=1S/C20H24N2O3/c1-14-11-22(13-19(25-14)20(21)23)12-15-7-9-16(10-8-15)17-5-3-4-6-18(17)24-2/h3-10,14,19H,11-13H2,1-2H3,(H2,21,23)/t14-,19?/m1/s1. The Hall–Kier alpha value is -2.37. The number of ether oxygens (including phenoxy) is 2. The predicted molar refractivity (Wildman–Crippen MR) is 97.2 cm³/mol. The van der Waals surface area contributed by atoms with Gasteiger partial charge in [-0.05, 0) is 24.1 Å². The molecule has 1 saturated heterocycles. The van der Waals surface area contributed by atoms with E-state index in [9.17, 15) is 4.79 Å². The molecule has 1 amide bonds. The van der Waals surface area contributed by atoms with Crippen molar-refractivity contribution in [1.82, 2.24) is 4.90 Å². The number of carbonyl (C=O) groups is 1. The third kappa shape index (κ3) is 4.18. The lowest BCUT2D eigenvalue weighted by molar-refractivity contribution is -0.142. The summed E-state index contributed by atoms with van der Waals surface area (Å²) < 4.78 is 11.0. The van der Waals surface area contributed by atoms with E-state index >= 15 is 0 Å². The summed E-state index contributed by atoms with van der Waals surface area (Å²) in [6.45, 7) is 4.06. The van der Waals surface area contributed by atoms with E-state index in [4.69, 9.17) is 15.2 Å². The Balaban J connectivity index is 1.71. The number of morpholine rings is 1. The summed E-state index contributed by atoms with van der Waals surface area (Å²) in [5.41, 5.74) is 8.78. The van der Waals surface area contributed by atoms with Crippen molar-refractivity contribution < 1.29 is 14.3 Å². The third-order valence-corrected chi connectivity index (χ3v) is 4.43. The number of carbonyl (C=O) groups excluding carboxylic acids is 1. The Kier molecular flexibility index (Phi) is 5.36. The topological polar surface area (TPSA) is 64.8 Å². The summed E-state index contributed by atoms with van der Waals surface area (Å²) in [4.78, 5) is 13.6. The maximum absolute atomic E-state index is 11.4. The van der Waals surface area contributed by atoms with Crippen LogP contribution in [0.15, 0.2) is 48.5 Å². The Labute approximate surface area is 148 Å². The molecule has 0 saturated carbocycles. The van der Waals surface area contributed by atoms with Gasteiger partial charge in [0.15, 0.2) is 0 Å². The van der Waals surface area contributed by atoms with Crippen molar-refractivity contribution in [3.05, 3.63) is 54.1 Å². The molecule has 2 atom stereocenters. The van der Waals surface area contributed by atoms with Crippen molar-refractivity contribution in [3.8, 4) is 16.9 Å². The molecule has 1 fully saturated rings. The Morgan fingerprint density at radius 3 is 2.60 bits per heavy atom. The molecule has 2 N–H and O–H groups in total. The summed E-state index contributed by atoms with van der Waals surface area (Å²) in [5.74, 6) is 0.463. The molecular formula is C20H24N2O3. The fourth-order valence-corrected chi connectivity index (χ4v) is 3.26. The van der Waals surface area contributed by atoms with Crippen LogP contribution in [0.5, 0.6) is 5.75 Å². The van der Waals surface area contributed by atoms with E-state index in [1.54, 1.807) is 7.11 Å². The molecule has 2 aromatic carbocycles. The monoisotopic (exact) mass is 340 g/mol. The molecule has 25 heavy (non-hydrogen) atoms. The van der Waals surface area contributed by atoms with Crippen molar-refractivity contribution >= 4 is 5.91 Å². The van der Waals surface area contributed by atoms with Crippen molar-refractivity contribution in [3.63, 3.8) is 0 Å². The van der Waals surface area contributed by atoms with Crippen LogP contribution in [0.4, 0.5) is 0 Å². The molecule has 0 aromatic heterocycles. The van der Waals surface area contributed by atoms with Crippen LogP contribution >= 0.6 is 0 Å². The molecule has 0 bridgehead atoms. The van der Waals surface area contributed by atoms with E-state index in [0.717, 1.165) is 30.0 Å². The maximum Gasteiger partial charge on any atom is 0.247 e. The van der Waals surface area contributed by atoms with Crippen LogP contribution in [-0.2, 0) is 16.1 Å². The minimum atomic E-state index is -0.531. The van der Waals surface area contributed by atoms with E-state index in [1.807, 2.05) is 25.1 Å². The Morgan fingerprint density at radius 1 is 1.20 bits per heavy atom. The summed E-state index contributed by atoms with van der Waals surface area (Å²) >= 11 is 0. The summed E-state index contributed by atoms with van der Waals surface area (Å²) in [7, 11) is 1.68. The van der Waals surface area contributed by atoms with E-state index in [0.29, 0.717) is 6.54 Å². The first-order chi connectivity index (χ1) is 12.1. The summed E-state index contributed by atoms with van der Waals surface area (Å²) in [6, 6.07) is 16.4. The average Bonchev–Trinajstić information content (AvgIpc) is 2.62. The molecule has 5 nitrogen and oxygen atoms in total. The van der Waals surface area contributed by atoms with Gasteiger partial charge >= 0.3 is 0 Å². The van der Waals surface area contributed by atoms with Crippen LogP contribution in [0.25, 0.3) is 11.1 Å². The van der Waals surface area contributed by atoms with Gasteiger partial charge in [0.1, 0.15) is 11.9 Å². The molecule has 0 aliphatic carbocycles. The van der Waals surface area contributed by atoms with Gasteiger partial charge in [0, 0.05) is 25.2 Å². The van der Waals surface area contributed by atoms with Gasteiger partial charge in [0.2, 0.25) is 5.91 Å². The molecule has 0 spiro atoms. The maximum atomic E-state index is 11.4. The van der Waals surface area contributed by atoms with Crippen LogP contribution in [0.3, 0.4) is 0 Å². The number of methoxy groups -OCH3 is 1. The van der Waals surface area contributed by atoms with E-state index in [2.05, 4.69) is 35.2 Å². The van der Waals surface area contributed by atoms with Crippen molar-refractivity contribution in [1.29, 1.82) is 0 Å². The molecule has 1 aliphatic heterocycles. The van der Waals surface area contributed by atoms with E-state index < -0.39 is 12.0 Å². The molecule has 1 heterocycles. The SMILES string of the molecule is COc1ccccc1-c1ccc(CN2CC(C(N)=O)O[C@H](C)C2)cc1. The number of rotatable bonds is 5. The zero-order chi connectivity index (χ0) is 17.8.